The van der Waals surface area contributed by atoms with E-state index in [2.05, 4.69) is 10.1 Å². The van der Waals surface area contributed by atoms with Gasteiger partial charge in [0, 0.05) is 36.3 Å². The molecule has 33 heavy (non-hydrogen) atoms. The van der Waals surface area contributed by atoms with Gasteiger partial charge in [-0.15, -0.1) is 5.10 Å². The number of benzene rings is 2. The van der Waals surface area contributed by atoms with Crippen LogP contribution < -0.4 is 5.56 Å². The van der Waals surface area contributed by atoms with Gasteiger partial charge < -0.3 is 14.2 Å². The van der Waals surface area contributed by atoms with Crippen molar-refractivity contribution < 1.29 is 9.53 Å². The molecule has 0 unspecified atom stereocenters. The first kappa shape index (κ1) is 21.1. The largest absolute Gasteiger partial charge is 0.378 e. The van der Waals surface area contributed by atoms with E-state index in [9.17, 15) is 9.59 Å². The van der Waals surface area contributed by atoms with Crippen molar-refractivity contribution >= 4 is 11.7 Å². The van der Waals surface area contributed by atoms with Crippen molar-refractivity contribution in [3.63, 3.8) is 0 Å². The monoisotopic (exact) mass is 443 g/mol. The lowest BCUT2D eigenvalue weighted by Crippen LogP contribution is -2.43. The van der Waals surface area contributed by atoms with Gasteiger partial charge in [0.1, 0.15) is 6.54 Å². The Hall–Kier alpha value is -3.78. The van der Waals surface area contributed by atoms with Crippen molar-refractivity contribution in [1.29, 1.82) is 0 Å². The number of ether oxygens (including phenoxy) is 1. The summed E-state index contributed by atoms with van der Waals surface area (Å²) in [6, 6.07) is 19.4. The van der Waals surface area contributed by atoms with Gasteiger partial charge in [0.2, 0.25) is 11.7 Å². The van der Waals surface area contributed by atoms with Crippen LogP contribution in [0.4, 0.5) is 0 Å². The van der Waals surface area contributed by atoms with E-state index in [1.54, 1.807) is 4.90 Å². The molecule has 8 heteroatoms. The van der Waals surface area contributed by atoms with Crippen molar-refractivity contribution in [3.05, 3.63) is 87.8 Å². The molecular formula is C25H25N5O3. The maximum absolute atomic E-state index is 13.5. The van der Waals surface area contributed by atoms with Crippen LogP contribution in [0.15, 0.2) is 65.5 Å². The third kappa shape index (κ3) is 4.17. The number of nitrogens with zero attached hydrogens (tertiary/aromatic N) is 5. The molecule has 0 saturated carbocycles. The van der Waals surface area contributed by atoms with Gasteiger partial charge in [-0.2, -0.15) is 9.50 Å². The Bertz CT molecular complexity index is 1340. The van der Waals surface area contributed by atoms with E-state index in [0.717, 1.165) is 16.8 Å². The first-order chi connectivity index (χ1) is 16.1. The van der Waals surface area contributed by atoms with Crippen LogP contribution in [0, 0.1) is 6.92 Å². The lowest BCUT2D eigenvalue weighted by atomic mass is 10.0. The topological polar surface area (TPSA) is 81.7 Å². The van der Waals surface area contributed by atoms with Crippen LogP contribution in [-0.2, 0) is 22.5 Å². The number of carbonyl (C=O) groups is 1. The lowest BCUT2D eigenvalue weighted by Gasteiger charge is -2.27. The molecule has 0 N–H and O–H groups in total. The number of fused-ring (bicyclic) bond motifs is 1. The fraction of sp³-hybridized carbons (Fsp3) is 0.280. The third-order valence-corrected chi connectivity index (χ3v) is 6.04. The molecular weight excluding hydrogens is 418 g/mol. The fourth-order valence-corrected chi connectivity index (χ4v) is 4.16. The molecule has 0 radical (unpaired) electrons. The van der Waals surface area contributed by atoms with Crippen LogP contribution in [-0.4, -0.2) is 56.3 Å². The van der Waals surface area contributed by atoms with E-state index < -0.39 is 0 Å². The van der Waals surface area contributed by atoms with Gasteiger partial charge >= 0.3 is 0 Å². The van der Waals surface area contributed by atoms with Crippen LogP contribution in [0.25, 0.3) is 17.2 Å². The molecule has 0 spiro atoms. The molecule has 1 amide bonds. The SMILES string of the molecule is Cc1c(Cc2ccccc2)c(=O)n2nc(-c3ccccc3)nc2n1CC(=O)N1CCOCC1. The molecule has 1 aliphatic rings. The van der Waals surface area contributed by atoms with Crippen LogP contribution >= 0.6 is 0 Å². The van der Waals surface area contributed by atoms with E-state index in [-0.39, 0.29) is 18.0 Å². The first-order valence-corrected chi connectivity index (χ1v) is 11.1. The summed E-state index contributed by atoms with van der Waals surface area (Å²) in [4.78, 5) is 33.0. The van der Waals surface area contributed by atoms with Crippen LogP contribution in [0.5, 0.6) is 0 Å². The molecule has 2 aromatic carbocycles. The summed E-state index contributed by atoms with van der Waals surface area (Å²) in [6.45, 7) is 4.16. The third-order valence-electron chi connectivity index (χ3n) is 6.04. The van der Waals surface area contributed by atoms with Gasteiger partial charge in [-0.05, 0) is 12.5 Å². The van der Waals surface area contributed by atoms with Crippen molar-refractivity contribution in [2.45, 2.75) is 19.9 Å². The van der Waals surface area contributed by atoms with Crippen molar-refractivity contribution in [2.75, 3.05) is 26.3 Å². The smallest absolute Gasteiger partial charge is 0.279 e. The number of hydrogen-bond acceptors (Lipinski definition) is 5. The minimum atomic E-state index is -0.212. The quantitative estimate of drug-likeness (QED) is 0.473. The molecule has 1 aliphatic heterocycles. The van der Waals surface area contributed by atoms with E-state index in [0.29, 0.717) is 49.9 Å². The maximum Gasteiger partial charge on any atom is 0.279 e. The number of hydrogen-bond donors (Lipinski definition) is 0. The molecule has 8 nitrogen and oxygen atoms in total. The van der Waals surface area contributed by atoms with Crippen LogP contribution in [0.2, 0.25) is 0 Å². The zero-order chi connectivity index (χ0) is 22.8. The zero-order valence-corrected chi connectivity index (χ0v) is 18.5. The highest BCUT2D eigenvalue weighted by Gasteiger charge is 2.23. The summed E-state index contributed by atoms with van der Waals surface area (Å²) in [5.74, 6) is 0.799. The molecule has 168 valence electrons. The van der Waals surface area contributed by atoms with Crippen molar-refractivity contribution in [1.82, 2.24) is 24.1 Å². The molecule has 1 saturated heterocycles. The highest BCUT2D eigenvalue weighted by atomic mass is 16.5. The number of amides is 1. The average Bonchev–Trinajstić information content (AvgIpc) is 3.32. The highest BCUT2D eigenvalue weighted by Crippen LogP contribution is 2.18. The van der Waals surface area contributed by atoms with Crippen LogP contribution in [0.1, 0.15) is 16.8 Å². The van der Waals surface area contributed by atoms with Gasteiger partial charge in [0.15, 0.2) is 5.82 Å². The van der Waals surface area contributed by atoms with Crippen molar-refractivity contribution in [3.8, 4) is 11.4 Å². The predicted octanol–water partition coefficient (Wildman–Crippen LogP) is 2.32. The van der Waals surface area contributed by atoms with E-state index in [4.69, 9.17) is 4.74 Å². The summed E-state index contributed by atoms with van der Waals surface area (Å²) in [6.07, 6.45) is 0.452. The zero-order valence-electron chi connectivity index (χ0n) is 18.5. The maximum atomic E-state index is 13.5. The van der Waals surface area contributed by atoms with E-state index in [1.807, 2.05) is 72.2 Å². The second-order valence-electron chi connectivity index (χ2n) is 8.12. The second kappa shape index (κ2) is 8.99. The predicted molar refractivity (Wildman–Crippen MR) is 124 cm³/mol. The van der Waals surface area contributed by atoms with E-state index in [1.165, 1.54) is 4.52 Å². The highest BCUT2D eigenvalue weighted by molar-refractivity contribution is 5.77. The Morgan fingerprint density at radius 2 is 1.67 bits per heavy atom. The molecule has 5 rings (SSSR count). The molecule has 2 aromatic heterocycles. The second-order valence-corrected chi connectivity index (χ2v) is 8.12. The minimum absolute atomic E-state index is 0.0260. The van der Waals surface area contributed by atoms with Gasteiger partial charge in [0.25, 0.3) is 5.56 Å². The lowest BCUT2D eigenvalue weighted by molar-refractivity contribution is -0.135. The number of rotatable bonds is 5. The standard InChI is InChI=1S/C25H25N5O3/c1-18-21(16-19-8-4-2-5-9-19)24(32)30-25(26-23(27-30)20-10-6-3-7-11-20)29(18)17-22(31)28-12-14-33-15-13-28/h2-11H,12-17H2,1H3. The summed E-state index contributed by atoms with van der Waals surface area (Å²) >= 11 is 0. The first-order valence-electron chi connectivity index (χ1n) is 11.1. The molecule has 0 atom stereocenters. The minimum Gasteiger partial charge on any atom is -0.378 e. The van der Waals surface area contributed by atoms with Gasteiger partial charge in [-0.3, -0.25) is 9.59 Å². The number of aromatic nitrogens is 4. The number of carbonyl (C=O) groups excluding carboxylic acids is 1. The molecule has 1 fully saturated rings. The molecule has 4 aromatic rings. The Balaban J connectivity index is 1.64. The number of morpholine rings is 1. The molecule has 3 heterocycles. The average molecular weight is 444 g/mol. The van der Waals surface area contributed by atoms with Gasteiger partial charge in [-0.1, -0.05) is 60.7 Å². The van der Waals surface area contributed by atoms with Crippen molar-refractivity contribution in [2.24, 2.45) is 0 Å². The Labute approximate surface area is 191 Å². The van der Waals surface area contributed by atoms with E-state index >= 15 is 0 Å². The Kier molecular flexibility index (Phi) is 5.75. The summed E-state index contributed by atoms with van der Waals surface area (Å²) in [5.41, 5.74) is 2.95. The fourth-order valence-electron chi connectivity index (χ4n) is 4.16. The van der Waals surface area contributed by atoms with Gasteiger partial charge in [0.05, 0.1) is 13.2 Å². The normalized spacial score (nSPS) is 14.0. The Morgan fingerprint density at radius 1 is 1.00 bits per heavy atom. The Morgan fingerprint density at radius 3 is 2.36 bits per heavy atom. The summed E-state index contributed by atoms with van der Waals surface area (Å²) in [5, 5.41) is 4.53. The molecule has 0 aliphatic carbocycles. The summed E-state index contributed by atoms with van der Waals surface area (Å²) in [7, 11) is 0. The van der Waals surface area contributed by atoms with Crippen LogP contribution in [0.3, 0.4) is 0 Å². The summed E-state index contributed by atoms with van der Waals surface area (Å²) < 4.78 is 8.53. The van der Waals surface area contributed by atoms with Gasteiger partial charge in [-0.25, -0.2) is 0 Å². The molecule has 0 bridgehead atoms.